The van der Waals surface area contributed by atoms with Gasteiger partial charge in [-0.1, -0.05) is 11.3 Å². The van der Waals surface area contributed by atoms with Crippen LogP contribution in [0.3, 0.4) is 0 Å². The molecule has 0 fully saturated rings. The standard InChI is InChI=1S/C8H9NO3S/c1-6(10)2-3-7-4-5-8(13-7)9(11)12/h4-5H,2-3H2,1H3. The summed E-state index contributed by atoms with van der Waals surface area (Å²) in [4.78, 5) is 21.4. The molecular weight excluding hydrogens is 190 g/mol. The van der Waals surface area contributed by atoms with E-state index in [9.17, 15) is 14.9 Å². The number of rotatable bonds is 4. The van der Waals surface area contributed by atoms with Crippen molar-refractivity contribution >= 4 is 22.1 Å². The lowest BCUT2D eigenvalue weighted by atomic mass is 10.2. The number of aryl methyl sites for hydroxylation is 1. The maximum Gasteiger partial charge on any atom is 0.324 e. The third-order valence-corrected chi connectivity index (χ3v) is 2.65. The molecule has 1 aromatic rings. The minimum absolute atomic E-state index is 0.107. The Morgan fingerprint density at radius 3 is 2.77 bits per heavy atom. The van der Waals surface area contributed by atoms with Crippen LogP contribution in [0.25, 0.3) is 0 Å². The van der Waals surface area contributed by atoms with E-state index in [0.29, 0.717) is 12.8 Å². The fourth-order valence-corrected chi connectivity index (χ4v) is 1.72. The van der Waals surface area contributed by atoms with Crippen molar-refractivity contribution in [1.82, 2.24) is 0 Å². The average Bonchev–Trinajstić information content (AvgIpc) is 2.48. The predicted molar refractivity (Wildman–Crippen MR) is 50.0 cm³/mol. The molecule has 4 nitrogen and oxygen atoms in total. The Balaban J connectivity index is 2.59. The van der Waals surface area contributed by atoms with Crippen molar-refractivity contribution in [3.05, 3.63) is 27.1 Å². The second-order valence-corrected chi connectivity index (χ2v) is 3.85. The van der Waals surface area contributed by atoms with Crippen molar-refractivity contribution in [1.29, 1.82) is 0 Å². The molecule has 0 aliphatic carbocycles. The predicted octanol–water partition coefficient (Wildman–Crippen LogP) is 2.18. The monoisotopic (exact) mass is 199 g/mol. The number of carbonyl (C=O) groups excluding carboxylic acids is 1. The van der Waals surface area contributed by atoms with Gasteiger partial charge >= 0.3 is 5.00 Å². The van der Waals surface area contributed by atoms with Crippen LogP contribution >= 0.6 is 11.3 Å². The summed E-state index contributed by atoms with van der Waals surface area (Å²) in [6.07, 6.45) is 1.06. The number of nitrogens with zero attached hydrogens (tertiary/aromatic N) is 1. The van der Waals surface area contributed by atoms with Gasteiger partial charge in [-0.05, 0) is 19.4 Å². The molecule has 0 aromatic carbocycles. The normalized spacial score (nSPS) is 9.92. The van der Waals surface area contributed by atoms with Gasteiger partial charge in [0.05, 0.1) is 4.92 Å². The smallest absolute Gasteiger partial charge is 0.300 e. The largest absolute Gasteiger partial charge is 0.324 e. The van der Waals surface area contributed by atoms with E-state index >= 15 is 0 Å². The molecule has 5 heteroatoms. The second-order valence-electron chi connectivity index (χ2n) is 2.70. The van der Waals surface area contributed by atoms with Gasteiger partial charge in [0.25, 0.3) is 0 Å². The molecule has 0 saturated heterocycles. The fourth-order valence-electron chi connectivity index (χ4n) is 0.898. The van der Waals surface area contributed by atoms with E-state index in [4.69, 9.17) is 0 Å². The molecule has 0 radical (unpaired) electrons. The van der Waals surface area contributed by atoms with E-state index in [1.54, 1.807) is 6.07 Å². The summed E-state index contributed by atoms with van der Waals surface area (Å²) >= 11 is 1.13. The molecule has 0 spiro atoms. The van der Waals surface area contributed by atoms with Crippen LogP contribution in [0.1, 0.15) is 18.2 Å². The Hall–Kier alpha value is -1.23. The molecule has 1 aromatic heterocycles. The van der Waals surface area contributed by atoms with Gasteiger partial charge < -0.3 is 4.79 Å². The Bertz CT molecular complexity index is 332. The lowest BCUT2D eigenvalue weighted by Crippen LogP contribution is -1.91. The van der Waals surface area contributed by atoms with Gasteiger partial charge in [-0.2, -0.15) is 0 Å². The molecule has 1 rings (SSSR count). The number of thiophene rings is 1. The summed E-state index contributed by atoms with van der Waals surface area (Å²) < 4.78 is 0. The fraction of sp³-hybridized carbons (Fsp3) is 0.375. The molecule has 0 bridgehead atoms. The third-order valence-electron chi connectivity index (χ3n) is 1.55. The zero-order chi connectivity index (χ0) is 9.84. The van der Waals surface area contributed by atoms with Crippen LogP contribution in [0, 0.1) is 10.1 Å². The molecule has 0 aliphatic heterocycles. The van der Waals surface area contributed by atoms with E-state index < -0.39 is 4.92 Å². The Morgan fingerprint density at radius 1 is 1.62 bits per heavy atom. The first-order chi connectivity index (χ1) is 6.09. The second kappa shape index (κ2) is 4.13. The van der Waals surface area contributed by atoms with Crippen molar-refractivity contribution in [3.8, 4) is 0 Å². The zero-order valence-electron chi connectivity index (χ0n) is 7.15. The molecule has 0 atom stereocenters. The van der Waals surface area contributed by atoms with Gasteiger partial charge in [0.15, 0.2) is 0 Å². The molecule has 0 unspecified atom stereocenters. The lowest BCUT2D eigenvalue weighted by molar-refractivity contribution is -0.380. The minimum Gasteiger partial charge on any atom is -0.300 e. The van der Waals surface area contributed by atoms with Crippen LogP contribution in [0.2, 0.25) is 0 Å². The number of ketones is 1. The molecular formula is C8H9NO3S. The quantitative estimate of drug-likeness (QED) is 0.551. The molecule has 0 N–H and O–H groups in total. The number of nitro groups is 1. The van der Waals surface area contributed by atoms with Gasteiger partial charge in [-0.15, -0.1) is 0 Å². The van der Waals surface area contributed by atoms with Crippen molar-refractivity contribution in [3.63, 3.8) is 0 Å². The highest BCUT2D eigenvalue weighted by Crippen LogP contribution is 2.24. The Morgan fingerprint density at radius 2 is 2.31 bits per heavy atom. The third kappa shape index (κ3) is 2.95. The summed E-state index contributed by atoms with van der Waals surface area (Å²) in [5, 5.41) is 10.4. The highest BCUT2D eigenvalue weighted by Gasteiger charge is 2.09. The highest BCUT2D eigenvalue weighted by molar-refractivity contribution is 7.15. The first-order valence-corrected chi connectivity index (χ1v) is 4.64. The van der Waals surface area contributed by atoms with Crippen LogP contribution in [-0.2, 0) is 11.2 Å². The summed E-state index contributed by atoms with van der Waals surface area (Å²) in [7, 11) is 0. The summed E-state index contributed by atoms with van der Waals surface area (Å²) in [5.41, 5.74) is 0. The summed E-state index contributed by atoms with van der Waals surface area (Å²) in [6, 6.07) is 3.17. The first-order valence-electron chi connectivity index (χ1n) is 3.82. The molecule has 1 heterocycles. The number of carbonyl (C=O) groups is 1. The first kappa shape index (κ1) is 9.85. The lowest BCUT2D eigenvalue weighted by Gasteiger charge is -1.90. The summed E-state index contributed by atoms with van der Waals surface area (Å²) in [6.45, 7) is 1.52. The molecule has 0 saturated carbocycles. The highest BCUT2D eigenvalue weighted by atomic mass is 32.1. The van der Waals surface area contributed by atoms with Gasteiger partial charge in [-0.25, -0.2) is 0 Å². The van der Waals surface area contributed by atoms with Crippen LogP contribution in [0.15, 0.2) is 12.1 Å². The zero-order valence-corrected chi connectivity index (χ0v) is 7.97. The maximum atomic E-state index is 10.6. The Kier molecular flexibility index (Phi) is 3.13. The van der Waals surface area contributed by atoms with Crippen LogP contribution < -0.4 is 0 Å². The van der Waals surface area contributed by atoms with Crippen LogP contribution in [-0.4, -0.2) is 10.7 Å². The molecule has 70 valence electrons. The van der Waals surface area contributed by atoms with E-state index in [0.717, 1.165) is 16.2 Å². The van der Waals surface area contributed by atoms with Crippen molar-refractivity contribution < 1.29 is 9.72 Å². The maximum absolute atomic E-state index is 10.6. The van der Waals surface area contributed by atoms with E-state index in [1.165, 1.54) is 13.0 Å². The van der Waals surface area contributed by atoms with Gasteiger partial charge in [-0.3, -0.25) is 10.1 Å². The average molecular weight is 199 g/mol. The van der Waals surface area contributed by atoms with Crippen molar-refractivity contribution in [2.45, 2.75) is 19.8 Å². The van der Waals surface area contributed by atoms with E-state index in [-0.39, 0.29) is 10.8 Å². The van der Waals surface area contributed by atoms with Gasteiger partial charge in [0.2, 0.25) is 0 Å². The number of Topliss-reactive ketones (excluding diaryl/α,β-unsaturated/α-hetero) is 1. The van der Waals surface area contributed by atoms with E-state index in [1.807, 2.05) is 0 Å². The van der Waals surface area contributed by atoms with Crippen molar-refractivity contribution in [2.75, 3.05) is 0 Å². The number of hydrogen-bond donors (Lipinski definition) is 0. The molecule has 0 aliphatic rings. The summed E-state index contributed by atoms with van der Waals surface area (Å²) in [5.74, 6) is 0.107. The van der Waals surface area contributed by atoms with E-state index in [2.05, 4.69) is 0 Å². The number of hydrogen-bond acceptors (Lipinski definition) is 4. The van der Waals surface area contributed by atoms with Gasteiger partial charge in [0.1, 0.15) is 5.78 Å². The SMILES string of the molecule is CC(=O)CCc1ccc([N+](=O)[O-])s1. The molecule has 13 heavy (non-hydrogen) atoms. The van der Waals surface area contributed by atoms with Gasteiger partial charge in [0, 0.05) is 17.4 Å². The van der Waals surface area contributed by atoms with Crippen LogP contribution in [0.5, 0.6) is 0 Å². The minimum atomic E-state index is -0.415. The Labute approximate surface area is 79.3 Å². The van der Waals surface area contributed by atoms with Crippen molar-refractivity contribution in [2.24, 2.45) is 0 Å². The topological polar surface area (TPSA) is 60.2 Å². The van der Waals surface area contributed by atoms with Crippen LogP contribution in [0.4, 0.5) is 5.00 Å². The molecule has 0 amide bonds.